The van der Waals surface area contributed by atoms with Gasteiger partial charge in [0.15, 0.2) is 0 Å². The van der Waals surface area contributed by atoms with Crippen molar-refractivity contribution in [2.24, 2.45) is 0 Å². The molecule has 23 heavy (non-hydrogen) atoms. The van der Waals surface area contributed by atoms with Gasteiger partial charge in [-0.3, -0.25) is 9.59 Å². The number of nitrogens with one attached hydrogen (secondary N) is 1. The number of carbonyl (C=O) groups excluding carboxylic acids is 2. The Morgan fingerprint density at radius 3 is 2.35 bits per heavy atom. The van der Waals surface area contributed by atoms with E-state index in [0.29, 0.717) is 5.56 Å². The van der Waals surface area contributed by atoms with E-state index in [4.69, 9.17) is 4.74 Å². The molecule has 0 aromatic heterocycles. The van der Waals surface area contributed by atoms with E-state index in [1.54, 1.807) is 26.2 Å². The highest BCUT2D eigenvalue weighted by Gasteiger charge is 2.13. The Labute approximate surface area is 135 Å². The number of likely N-dealkylation sites (N-methyl/N-ethyl adjacent to an activating group) is 1. The van der Waals surface area contributed by atoms with Gasteiger partial charge in [0.05, 0.1) is 6.54 Å². The van der Waals surface area contributed by atoms with Crippen molar-refractivity contribution in [2.45, 2.75) is 6.61 Å². The van der Waals surface area contributed by atoms with E-state index in [0.717, 1.165) is 11.3 Å². The van der Waals surface area contributed by atoms with Crippen LogP contribution in [0, 0.1) is 0 Å². The summed E-state index contributed by atoms with van der Waals surface area (Å²) in [5, 5.41) is 2.63. The lowest BCUT2D eigenvalue weighted by Crippen LogP contribution is -2.36. The van der Waals surface area contributed by atoms with Crippen molar-refractivity contribution >= 4 is 11.8 Å². The van der Waals surface area contributed by atoms with Crippen LogP contribution in [0.15, 0.2) is 54.6 Å². The summed E-state index contributed by atoms with van der Waals surface area (Å²) in [5.41, 5.74) is 1.28. The third-order valence-electron chi connectivity index (χ3n) is 3.30. The molecule has 2 aromatic rings. The first-order valence-electron chi connectivity index (χ1n) is 7.32. The smallest absolute Gasteiger partial charge is 0.252 e. The monoisotopic (exact) mass is 312 g/mol. The molecular formula is C18H20N2O3. The van der Waals surface area contributed by atoms with Crippen molar-refractivity contribution in [1.82, 2.24) is 10.2 Å². The Morgan fingerprint density at radius 1 is 1.00 bits per heavy atom. The van der Waals surface area contributed by atoms with Crippen molar-refractivity contribution in [3.8, 4) is 5.75 Å². The fraction of sp³-hybridized carbons (Fsp3) is 0.222. The molecule has 0 spiro atoms. The molecule has 0 aliphatic heterocycles. The first kappa shape index (κ1) is 16.5. The Morgan fingerprint density at radius 2 is 1.65 bits per heavy atom. The maximum atomic E-state index is 12.3. The molecule has 0 unspecified atom stereocenters. The molecule has 120 valence electrons. The average Bonchev–Trinajstić information content (AvgIpc) is 2.58. The van der Waals surface area contributed by atoms with E-state index in [9.17, 15) is 9.59 Å². The normalized spacial score (nSPS) is 10.0. The van der Waals surface area contributed by atoms with Crippen LogP contribution in [0.25, 0.3) is 0 Å². The number of hydrogen-bond donors (Lipinski definition) is 1. The third-order valence-corrected chi connectivity index (χ3v) is 3.30. The maximum absolute atomic E-state index is 12.3. The molecule has 0 radical (unpaired) electrons. The van der Waals surface area contributed by atoms with Crippen LogP contribution in [-0.2, 0) is 11.4 Å². The first-order valence-corrected chi connectivity index (χ1v) is 7.32. The van der Waals surface area contributed by atoms with Crippen molar-refractivity contribution in [2.75, 3.05) is 20.6 Å². The highest BCUT2D eigenvalue weighted by Crippen LogP contribution is 2.14. The van der Waals surface area contributed by atoms with Gasteiger partial charge in [0.25, 0.3) is 5.91 Å². The van der Waals surface area contributed by atoms with Gasteiger partial charge >= 0.3 is 0 Å². The molecular weight excluding hydrogens is 292 g/mol. The zero-order valence-electron chi connectivity index (χ0n) is 13.3. The third kappa shape index (κ3) is 4.85. The standard InChI is InChI=1S/C18H20N2O3/c1-20(2)17(21)12-19-18(22)16-11-7-6-8-14(16)13-23-15-9-4-3-5-10-15/h3-11H,12-13H2,1-2H3,(H,19,22). The highest BCUT2D eigenvalue weighted by atomic mass is 16.5. The molecule has 0 aliphatic carbocycles. The van der Waals surface area contributed by atoms with E-state index >= 15 is 0 Å². The second-order valence-corrected chi connectivity index (χ2v) is 5.23. The first-order chi connectivity index (χ1) is 11.1. The minimum absolute atomic E-state index is 0.0281. The summed E-state index contributed by atoms with van der Waals surface area (Å²) in [7, 11) is 3.30. The van der Waals surface area contributed by atoms with Gasteiger partial charge in [0, 0.05) is 25.2 Å². The fourth-order valence-corrected chi connectivity index (χ4v) is 1.95. The van der Waals surface area contributed by atoms with E-state index in [2.05, 4.69) is 5.32 Å². The van der Waals surface area contributed by atoms with E-state index < -0.39 is 0 Å². The molecule has 0 saturated carbocycles. The predicted molar refractivity (Wildman–Crippen MR) is 88.2 cm³/mol. The van der Waals surface area contributed by atoms with Gasteiger partial charge in [-0.15, -0.1) is 0 Å². The number of nitrogens with zero attached hydrogens (tertiary/aromatic N) is 1. The van der Waals surface area contributed by atoms with Crippen LogP contribution in [0.5, 0.6) is 5.75 Å². The molecule has 2 rings (SSSR count). The van der Waals surface area contributed by atoms with Crippen molar-refractivity contribution in [3.63, 3.8) is 0 Å². The number of carbonyl (C=O) groups is 2. The molecule has 1 N–H and O–H groups in total. The van der Waals surface area contributed by atoms with Crippen LogP contribution < -0.4 is 10.1 Å². The molecule has 0 saturated heterocycles. The number of hydrogen-bond acceptors (Lipinski definition) is 3. The summed E-state index contributed by atoms with van der Waals surface area (Å²) < 4.78 is 5.69. The minimum Gasteiger partial charge on any atom is -0.489 e. The Kier molecular flexibility index (Phi) is 5.74. The van der Waals surface area contributed by atoms with E-state index in [1.165, 1.54) is 4.90 Å². The van der Waals surface area contributed by atoms with Crippen molar-refractivity contribution in [1.29, 1.82) is 0 Å². The van der Waals surface area contributed by atoms with Crippen LogP contribution in [0.4, 0.5) is 0 Å². The van der Waals surface area contributed by atoms with Gasteiger partial charge in [-0.25, -0.2) is 0 Å². The van der Waals surface area contributed by atoms with E-state index in [-0.39, 0.29) is 25.0 Å². The van der Waals surface area contributed by atoms with Crippen LogP contribution in [-0.4, -0.2) is 37.4 Å². The average molecular weight is 312 g/mol. The van der Waals surface area contributed by atoms with Crippen LogP contribution in [0.3, 0.4) is 0 Å². The lowest BCUT2D eigenvalue weighted by molar-refractivity contribution is -0.127. The molecule has 0 aliphatic rings. The van der Waals surface area contributed by atoms with E-state index in [1.807, 2.05) is 42.5 Å². The van der Waals surface area contributed by atoms with Gasteiger partial charge in [0.2, 0.25) is 5.91 Å². The zero-order valence-corrected chi connectivity index (χ0v) is 13.3. The molecule has 2 aromatic carbocycles. The summed E-state index contributed by atoms with van der Waals surface area (Å²) >= 11 is 0. The topological polar surface area (TPSA) is 58.6 Å². The summed E-state index contributed by atoms with van der Waals surface area (Å²) in [6.07, 6.45) is 0. The van der Waals surface area contributed by atoms with Gasteiger partial charge in [-0.05, 0) is 18.2 Å². The SMILES string of the molecule is CN(C)C(=O)CNC(=O)c1ccccc1COc1ccccc1. The van der Waals surface area contributed by atoms with Crippen molar-refractivity contribution in [3.05, 3.63) is 65.7 Å². The Bertz CT molecular complexity index is 669. The highest BCUT2D eigenvalue weighted by molar-refractivity contribution is 5.97. The molecule has 5 heteroatoms. The van der Waals surface area contributed by atoms with Gasteiger partial charge in [-0.1, -0.05) is 36.4 Å². The molecule has 0 heterocycles. The molecule has 0 fully saturated rings. The zero-order chi connectivity index (χ0) is 16.7. The molecule has 0 bridgehead atoms. The summed E-state index contributed by atoms with van der Waals surface area (Å²) in [4.78, 5) is 25.3. The molecule has 5 nitrogen and oxygen atoms in total. The lowest BCUT2D eigenvalue weighted by Gasteiger charge is -2.13. The van der Waals surface area contributed by atoms with Crippen LogP contribution in [0.2, 0.25) is 0 Å². The second-order valence-electron chi connectivity index (χ2n) is 5.23. The lowest BCUT2D eigenvalue weighted by atomic mass is 10.1. The largest absolute Gasteiger partial charge is 0.489 e. The van der Waals surface area contributed by atoms with Crippen LogP contribution >= 0.6 is 0 Å². The van der Waals surface area contributed by atoms with Gasteiger partial charge in [0.1, 0.15) is 12.4 Å². The quantitative estimate of drug-likeness (QED) is 0.888. The number of para-hydroxylation sites is 1. The van der Waals surface area contributed by atoms with Gasteiger partial charge < -0.3 is 15.0 Å². The summed E-state index contributed by atoms with van der Waals surface area (Å²) in [5.74, 6) is 0.300. The Hall–Kier alpha value is -2.82. The molecule has 2 amide bonds. The van der Waals surface area contributed by atoms with Crippen LogP contribution in [0.1, 0.15) is 15.9 Å². The minimum atomic E-state index is -0.285. The summed E-state index contributed by atoms with van der Waals surface area (Å²) in [6, 6.07) is 16.6. The fourth-order valence-electron chi connectivity index (χ4n) is 1.95. The molecule has 0 atom stereocenters. The Balaban J connectivity index is 2.02. The summed E-state index contributed by atoms with van der Waals surface area (Å²) in [6.45, 7) is 0.259. The predicted octanol–water partition coefficient (Wildman–Crippen LogP) is 2.08. The maximum Gasteiger partial charge on any atom is 0.252 e. The number of rotatable bonds is 6. The van der Waals surface area contributed by atoms with Crippen molar-refractivity contribution < 1.29 is 14.3 Å². The second kappa shape index (κ2) is 7.98. The number of benzene rings is 2. The number of amides is 2. The number of ether oxygens (including phenoxy) is 1. The van der Waals surface area contributed by atoms with Gasteiger partial charge in [-0.2, -0.15) is 0 Å².